The lowest BCUT2D eigenvalue weighted by molar-refractivity contribution is -0.122. The highest BCUT2D eigenvalue weighted by molar-refractivity contribution is 8.26. The number of thioether (sulfide) groups is 1. The van der Waals surface area contributed by atoms with Crippen LogP contribution < -0.4 is 10.2 Å². The molecule has 3 amide bonds. The summed E-state index contributed by atoms with van der Waals surface area (Å²) in [5, 5.41) is 2.94. The second-order valence-electron chi connectivity index (χ2n) is 8.61. The largest absolute Gasteiger partial charge is 0.324 e. The summed E-state index contributed by atoms with van der Waals surface area (Å²) in [5.41, 5.74) is 4.22. The predicted octanol–water partition coefficient (Wildman–Crippen LogP) is 4.52. The van der Waals surface area contributed by atoms with Gasteiger partial charge in [-0.2, -0.15) is 0 Å². The first-order valence-corrected chi connectivity index (χ1v) is 12.0. The molecule has 2 aromatic rings. The number of anilines is 2. The number of carbonyl (C=O) groups is 3. The standard InChI is InChI=1S/C25H25N3O3S2/c1-14(2)12-28-24(31)22(33-25(28)32)20-17-10-5-6-11-18(17)27(23(20)30)13-19(29)26-21-15(3)8-7-9-16(21)4/h5-11,14H,12-13H2,1-4H3,(H,26,29)/b22-20-. The number of thiocarbonyl (C=S) groups is 1. The van der Waals surface area contributed by atoms with Crippen LogP contribution in [0.4, 0.5) is 11.4 Å². The van der Waals surface area contributed by atoms with Crippen molar-refractivity contribution in [3.8, 4) is 0 Å². The maximum Gasteiger partial charge on any atom is 0.267 e. The Labute approximate surface area is 203 Å². The van der Waals surface area contributed by atoms with Crippen LogP contribution in [0.5, 0.6) is 0 Å². The minimum atomic E-state index is -0.363. The number of aryl methyl sites for hydroxylation is 2. The summed E-state index contributed by atoms with van der Waals surface area (Å²) in [6, 6.07) is 13.0. The molecule has 33 heavy (non-hydrogen) atoms. The van der Waals surface area contributed by atoms with Crippen molar-refractivity contribution in [2.75, 3.05) is 23.3 Å². The Morgan fingerprint density at radius 1 is 1.00 bits per heavy atom. The smallest absolute Gasteiger partial charge is 0.267 e. The summed E-state index contributed by atoms with van der Waals surface area (Å²) in [5.74, 6) is -0.672. The van der Waals surface area contributed by atoms with Gasteiger partial charge in [0, 0.05) is 17.8 Å². The van der Waals surface area contributed by atoms with E-state index in [-0.39, 0.29) is 30.2 Å². The minimum absolute atomic E-state index is 0.153. The van der Waals surface area contributed by atoms with Crippen molar-refractivity contribution in [1.29, 1.82) is 0 Å². The van der Waals surface area contributed by atoms with E-state index in [1.165, 1.54) is 4.90 Å². The monoisotopic (exact) mass is 479 g/mol. The number of hydrogen-bond acceptors (Lipinski definition) is 5. The molecule has 0 aromatic heterocycles. The molecular formula is C25H25N3O3S2. The molecule has 0 atom stereocenters. The van der Waals surface area contributed by atoms with Gasteiger partial charge in [0.2, 0.25) is 5.91 Å². The third-order valence-electron chi connectivity index (χ3n) is 5.59. The number of fused-ring (bicyclic) bond motifs is 1. The van der Waals surface area contributed by atoms with E-state index < -0.39 is 0 Å². The SMILES string of the molecule is Cc1cccc(C)c1NC(=O)CN1C(=O)/C(=C2\SC(=S)N(CC(C)C)C2=O)c2ccccc21. The maximum absolute atomic E-state index is 13.5. The first-order valence-electron chi connectivity index (χ1n) is 10.7. The summed E-state index contributed by atoms with van der Waals surface area (Å²) in [6.45, 7) is 8.22. The van der Waals surface area contributed by atoms with Crippen LogP contribution in [0.2, 0.25) is 0 Å². The molecule has 2 aliphatic heterocycles. The van der Waals surface area contributed by atoms with Crippen molar-refractivity contribution < 1.29 is 14.4 Å². The van der Waals surface area contributed by atoms with Crippen molar-refractivity contribution >= 4 is 63.0 Å². The zero-order chi connectivity index (χ0) is 23.9. The van der Waals surface area contributed by atoms with Crippen LogP contribution in [-0.2, 0) is 14.4 Å². The third kappa shape index (κ3) is 4.32. The van der Waals surface area contributed by atoms with Crippen molar-refractivity contribution in [2.45, 2.75) is 27.7 Å². The Balaban J connectivity index is 1.66. The van der Waals surface area contributed by atoms with Gasteiger partial charge in [-0.1, -0.05) is 74.2 Å². The molecule has 0 unspecified atom stereocenters. The van der Waals surface area contributed by atoms with Crippen molar-refractivity contribution in [1.82, 2.24) is 4.90 Å². The van der Waals surface area contributed by atoms with Crippen LogP contribution in [0.15, 0.2) is 47.4 Å². The molecule has 0 spiro atoms. The van der Waals surface area contributed by atoms with Crippen LogP contribution in [-0.4, -0.2) is 40.0 Å². The van der Waals surface area contributed by atoms with Crippen LogP contribution in [0.25, 0.3) is 5.57 Å². The molecular weight excluding hydrogens is 454 g/mol. The number of rotatable bonds is 5. The number of nitrogens with zero attached hydrogens (tertiary/aromatic N) is 2. The van der Waals surface area contributed by atoms with E-state index in [0.717, 1.165) is 28.6 Å². The lowest BCUT2D eigenvalue weighted by Gasteiger charge is -2.18. The van der Waals surface area contributed by atoms with Crippen LogP contribution >= 0.6 is 24.0 Å². The van der Waals surface area contributed by atoms with E-state index in [1.54, 1.807) is 17.0 Å². The quantitative estimate of drug-likeness (QED) is 0.505. The highest BCUT2D eigenvalue weighted by Crippen LogP contribution is 2.44. The summed E-state index contributed by atoms with van der Waals surface area (Å²) >= 11 is 6.58. The fourth-order valence-corrected chi connectivity index (χ4v) is 5.41. The van der Waals surface area contributed by atoms with Gasteiger partial charge in [-0.3, -0.25) is 24.2 Å². The van der Waals surface area contributed by atoms with E-state index in [4.69, 9.17) is 12.2 Å². The Bertz CT molecular complexity index is 1200. The molecule has 8 heteroatoms. The molecule has 0 radical (unpaired) electrons. The van der Waals surface area contributed by atoms with Gasteiger partial charge in [0.05, 0.1) is 16.2 Å². The second kappa shape index (κ2) is 9.11. The van der Waals surface area contributed by atoms with E-state index in [0.29, 0.717) is 32.6 Å². The van der Waals surface area contributed by atoms with Gasteiger partial charge in [-0.25, -0.2) is 0 Å². The number of benzene rings is 2. The van der Waals surface area contributed by atoms with E-state index in [1.807, 2.05) is 58.0 Å². The maximum atomic E-state index is 13.5. The Morgan fingerprint density at radius 3 is 2.33 bits per heavy atom. The molecule has 6 nitrogen and oxygen atoms in total. The topological polar surface area (TPSA) is 69.7 Å². The van der Waals surface area contributed by atoms with Gasteiger partial charge in [0.1, 0.15) is 10.9 Å². The van der Waals surface area contributed by atoms with Crippen molar-refractivity contribution in [3.63, 3.8) is 0 Å². The summed E-state index contributed by atoms with van der Waals surface area (Å²) in [4.78, 5) is 42.9. The van der Waals surface area contributed by atoms with E-state index >= 15 is 0 Å². The highest BCUT2D eigenvalue weighted by atomic mass is 32.2. The molecule has 2 aromatic carbocycles. The van der Waals surface area contributed by atoms with Gasteiger partial charge >= 0.3 is 0 Å². The highest BCUT2D eigenvalue weighted by Gasteiger charge is 2.42. The normalized spacial score (nSPS) is 17.9. The second-order valence-corrected chi connectivity index (χ2v) is 10.2. The molecule has 2 heterocycles. The molecule has 1 fully saturated rings. The molecule has 1 N–H and O–H groups in total. The lowest BCUT2D eigenvalue weighted by Crippen LogP contribution is -2.36. The van der Waals surface area contributed by atoms with Crippen molar-refractivity contribution in [3.05, 3.63) is 64.1 Å². The first kappa shape index (κ1) is 23.2. The van der Waals surface area contributed by atoms with Gasteiger partial charge in [0.15, 0.2) is 0 Å². The third-order valence-corrected chi connectivity index (χ3v) is 7.04. The molecule has 4 rings (SSSR count). The molecule has 170 valence electrons. The number of para-hydroxylation sites is 2. The summed E-state index contributed by atoms with van der Waals surface area (Å²) in [7, 11) is 0. The fraction of sp³-hybridized carbons (Fsp3) is 0.280. The Hall–Kier alpha value is -2.97. The number of nitrogens with one attached hydrogen (secondary N) is 1. The molecule has 0 bridgehead atoms. The van der Waals surface area contributed by atoms with Gasteiger partial charge < -0.3 is 5.32 Å². The lowest BCUT2D eigenvalue weighted by atomic mass is 10.1. The van der Waals surface area contributed by atoms with Crippen molar-refractivity contribution in [2.24, 2.45) is 5.92 Å². The Morgan fingerprint density at radius 2 is 1.67 bits per heavy atom. The first-order chi connectivity index (χ1) is 15.7. The summed E-state index contributed by atoms with van der Waals surface area (Å²) < 4.78 is 0.452. The molecule has 2 aliphatic rings. The Kier molecular flexibility index (Phi) is 6.41. The van der Waals surface area contributed by atoms with Gasteiger partial charge in [-0.15, -0.1) is 0 Å². The zero-order valence-corrected chi connectivity index (χ0v) is 20.6. The minimum Gasteiger partial charge on any atom is -0.324 e. The predicted molar refractivity (Wildman–Crippen MR) is 137 cm³/mol. The zero-order valence-electron chi connectivity index (χ0n) is 19.0. The average molecular weight is 480 g/mol. The van der Waals surface area contributed by atoms with Crippen LogP contribution in [0.3, 0.4) is 0 Å². The molecule has 1 saturated heterocycles. The van der Waals surface area contributed by atoms with E-state index in [9.17, 15) is 14.4 Å². The van der Waals surface area contributed by atoms with E-state index in [2.05, 4.69) is 5.32 Å². The summed E-state index contributed by atoms with van der Waals surface area (Å²) in [6.07, 6.45) is 0. The average Bonchev–Trinajstić information content (AvgIpc) is 3.18. The van der Waals surface area contributed by atoms with Gasteiger partial charge in [-0.05, 0) is 37.0 Å². The fourth-order valence-electron chi connectivity index (χ4n) is 4.06. The number of hydrogen-bond donors (Lipinski definition) is 1. The van der Waals surface area contributed by atoms with Crippen LogP contribution in [0.1, 0.15) is 30.5 Å². The molecule has 0 saturated carbocycles. The van der Waals surface area contributed by atoms with Gasteiger partial charge in [0.25, 0.3) is 11.8 Å². The molecule has 0 aliphatic carbocycles. The number of amides is 3. The number of carbonyl (C=O) groups excluding carboxylic acids is 3. The van der Waals surface area contributed by atoms with Crippen LogP contribution in [0, 0.1) is 19.8 Å².